The smallest absolute Gasteiger partial charge is 0.0410 e. The highest BCUT2D eigenvalue weighted by atomic mass is 79.9. The Labute approximate surface area is 119 Å². The summed E-state index contributed by atoms with van der Waals surface area (Å²) in [7, 11) is 0. The highest BCUT2D eigenvalue weighted by Gasteiger charge is 2.18. The Balaban J connectivity index is 2.21. The highest BCUT2D eigenvalue weighted by Crippen LogP contribution is 2.29. The second-order valence-corrected chi connectivity index (χ2v) is 6.54. The van der Waals surface area contributed by atoms with E-state index in [1.54, 1.807) is 0 Å². The van der Waals surface area contributed by atoms with E-state index in [-0.39, 0.29) is 6.04 Å². The summed E-state index contributed by atoms with van der Waals surface area (Å²) in [4.78, 5) is 2.52. The second kappa shape index (κ2) is 6.07. The Morgan fingerprint density at radius 2 is 2.06 bits per heavy atom. The number of rotatable bonds is 3. The van der Waals surface area contributed by atoms with Gasteiger partial charge in [-0.3, -0.25) is 0 Å². The number of piperidine rings is 1. The molecule has 0 aliphatic carbocycles. The minimum absolute atomic E-state index is 0.216. The van der Waals surface area contributed by atoms with Gasteiger partial charge in [-0.05, 0) is 49.8 Å². The molecule has 1 atom stereocenters. The van der Waals surface area contributed by atoms with E-state index in [1.807, 2.05) is 0 Å². The highest BCUT2D eigenvalue weighted by molar-refractivity contribution is 9.10. The van der Waals surface area contributed by atoms with Gasteiger partial charge in [0.2, 0.25) is 0 Å². The van der Waals surface area contributed by atoms with Crippen LogP contribution >= 0.6 is 15.9 Å². The van der Waals surface area contributed by atoms with Crippen LogP contribution in [0, 0.1) is 5.92 Å². The number of benzene rings is 1. The Morgan fingerprint density at radius 1 is 1.39 bits per heavy atom. The van der Waals surface area contributed by atoms with Gasteiger partial charge in [-0.2, -0.15) is 0 Å². The standard InChI is InChI=1S/C15H23BrN2/c1-11-5-7-18(8-6-11)15-10-14(16)4-3-13(15)9-12(2)17/h3-4,10-12H,5-9,17H2,1-2H3. The van der Waals surface area contributed by atoms with Gasteiger partial charge in [0.25, 0.3) is 0 Å². The maximum atomic E-state index is 5.95. The van der Waals surface area contributed by atoms with Crippen molar-refractivity contribution in [3.63, 3.8) is 0 Å². The molecule has 0 aromatic heterocycles. The third-order valence-electron chi connectivity index (χ3n) is 3.71. The van der Waals surface area contributed by atoms with E-state index < -0.39 is 0 Å². The number of nitrogens with two attached hydrogens (primary N) is 1. The second-order valence-electron chi connectivity index (χ2n) is 5.62. The van der Waals surface area contributed by atoms with Gasteiger partial charge >= 0.3 is 0 Å². The van der Waals surface area contributed by atoms with E-state index in [4.69, 9.17) is 5.73 Å². The molecular formula is C15H23BrN2. The Morgan fingerprint density at radius 3 is 2.67 bits per heavy atom. The molecule has 1 aliphatic heterocycles. The van der Waals surface area contributed by atoms with Gasteiger partial charge < -0.3 is 10.6 Å². The average Bonchev–Trinajstić information content (AvgIpc) is 2.32. The van der Waals surface area contributed by atoms with Crippen molar-refractivity contribution < 1.29 is 0 Å². The largest absolute Gasteiger partial charge is 0.371 e. The molecule has 1 aromatic rings. The van der Waals surface area contributed by atoms with Crippen molar-refractivity contribution in [1.82, 2.24) is 0 Å². The first-order valence-electron chi connectivity index (χ1n) is 6.85. The Kier molecular flexibility index (Phi) is 4.68. The first-order chi connectivity index (χ1) is 8.56. The lowest BCUT2D eigenvalue weighted by Crippen LogP contribution is -2.34. The normalized spacial score (nSPS) is 19.0. The van der Waals surface area contributed by atoms with Crippen LogP contribution in [-0.4, -0.2) is 19.1 Å². The molecule has 1 fully saturated rings. The molecule has 1 aliphatic rings. The molecule has 100 valence electrons. The molecule has 0 bridgehead atoms. The summed E-state index contributed by atoms with van der Waals surface area (Å²) in [6, 6.07) is 6.79. The lowest BCUT2D eigenvalue weighted by Gasteiger charge is -2.34. The first kappa shape index (κ1) is 13.9. The summed E-state index contributed by atoms with van der Waals surface area (Å²) in [6.45, 7) is 6.76. The third-order valence-corrected chi connectivity index (χ3v) is 4.21. The molecule has 18 heavy (non-hydrogen) atoms. The van der Waals surface area contributed by atoms with Crippen LogP contribution in [0.1, 0.15) is 32.3 Å². The van der Waals surface area contributed by atoms with Gasteiger partial charge in [0, 0.05) is 29.3 Å². The predicted octanol–water partition coefficient (Wildman–Crippen LogP) is 3.58. The summed E-state index contributed by atoms with van der Waals surface area (Å²) in [5, 5.41) is 0. The van der Waals surface area contributed by atoms with Crippen molar-refractivity contribution in [2.45, 2.75) is 39.2 Å². The lowest BCUT2D eigenvalue weighted by atomic mass is 9.97. The molecule has 0 spiro atoms. The quantitative estimate of drug-likeness (QED) is 0.924. The fraction of sp³-hybridized carbons (Fsp3) is 0.600. The number of hydrogen-bond donors (Lipinski definition) is 1. The van der Waals surface area contributed by atoms with Crippen molar-refractivity contribution in [2.75, 3.05) is 18.0 Å². The molecule has 1 saturated heterocycles. The van der Waals surface area contributed by atoms with Crippen molar-refractivity contribution in [1.29, 1.82) is 0 Å². The van der Waals surface area contributed by atoms with Crippen LogP contribution in [0.4, 0.5) is 5.69 Å². The SMILES string of the molecule is CC(N)Cc1ccc(Br)cc1N1CCC(C)CC1. The molecule has 0 amide bonds. The van der Waals surface area contributed by atoms with E-state index in [0.29, 0.717) is 0 Å². The summed E-state index contributed by atoms with van der Waals surface area (Å²) in [6.07, 6.45) is 3.54. The number of halogens is 1. The molecule has 2 nitrogen and oxygen atoms in total. The van der Waals surface area contributed by atoms with Crippen LogP contribution in [0.15, 0.2) is 22.7 Å². The maximum Gasteiger partial charge on any atom is 0.0410 e. The minimum Gasteiger partial charge on any atom is -0.371 e. The third kappa shape index (κ3) is 3.48. The predicted molar refractivity (Wildman–Crippen MR) is 82.1 cm³/mol. The average molecular weight is 311 g/mol. The van der Waals surface area contributed by atoms with E-state index in [9.17, 15) is 0 Å². The molecule has 0 saturated carbocycles. The fourth-order valence-corrected chi connectivity index (χ4v) is 2.95. The molecule has 2 N–H and O–H groups in total. The van der Waals surface area contributed by atoms with Crippen LogP contribution in [-0.2, 0) is 6.42 Å². The van der Waals surface area contributed by atoms with E-state index in [0.717, 1.165) is 16.8 Å². The number of anilines is 1. The molecule has 1 heterocycles. The van der Waals surface area contributed by atoms with Gasteiger partial charge in [-0.15, -0.1) is 0 Å². The van der Waals surface area contributed by atoms with Crippen molar-refractivity contribution in [3.05, 3.63) is 28.2 Å². The summed E-state index contributed by atoms with van der Waals surface area (Å²) < 4.78 is 1.16. The lowest BCUT2D eigenvalue weighted by molar-refractivity contribution is 0.437. The van der Waals surface area contributed by atoms with Crippen molar-refractivity contribution in [2.24, 2.45) is 11.7 Å². The zero-order chi connectivity index (χ0) is 13.1. The summed E-state index contributed by atoms with van der Waals surface area (Å²) in [5.41, 5.74) is 8.70. The van der Waals surface area contributed by atoms with E-state index >= 15 is 0 Å². The van der Waals surface area contributed by atoms with E-state index in [2.05, 4.69) is 52.9 Å². The van der Waals surface area contributed by atoms with Gasteiger partial charge in [0.1, 0.15) is 0 Å². The van der Waals surface area contributed by atoms with Crippen LogP contribution in [0.25, 0.3) is 0 Å². The van der Waals surface area contributed by atoms with E-state index in [1.165, 1.54) is 37.2 Å². The van der Waals surface area contributed by atoms with Crippen LogP contribution in [0.3, 0.4) is 0 Å². The maximum absolute atomic E-state index is 5.95. The Bertz CT molecular complexity index is 395. The fourth-order valence-electron chi connectivity index (χ4n) is 2.60. The minimum atomic E-state index is 0.216. The van der Waals surface area contributed by atoms with Crippen molar-refractivity contribution >= 4 is 21.6 Å². The molecular weight excluding hydrogens is 288 g/mol. The number of hydrogen-bond acceptors (Lipinski definition) is 2. The first-order valence-corrected chi connectivity index (χ1v) is 7.64. The molecule has 3 heteroatoms. The van der Waals surface area contributed by atoms with Crippen molar-refractivity contribution in [3.8, 4) is 0 Å². The summed E-state index contributed by atoms with van der Waals surface area (Å²) >= 11 is 3.58. The monoisotopic (exact) mass is 310 g/mol. The zero-order valence-corrected chi connectivity index (χ0v) is 12.9. The zero-order valence-electron chi connectivity index (χ0n) is 11.3. The van der Waals surface area contributed by atoms with Crippen LogP contribution < -0.4 is 10.6 Å². The number of nitrogens with zero attached hydrogens (tertiary/aromatic N) is 1. The molecule has 2 rings (SSSR count). The van der Waals surface area contributed by atoms with Crippen LogP contribution in [0.5, 0.6) is 0 Å². The van der Waals surface area contributed by atoms with Gasteiger partial charge in [-0.25, -0.2) is 0 Å². The van der Waals surface area contributed by atoms with Crippen LogP contribution in [0.2, 0.25) is 0 Å². The Hall–Kier alpha value is -0.540. The van der Waals surface area contributed by atoms with Gasteiger partial charge in [0.05, 0.1) is 0 Å². The van der Waals surface area contributed by atoms with Gasteiger partial charge in [0.15, 0.2) is 0 Å². The summed E-state index contributed by atoms with van der Waals surface area (Å²) in [5.74, 6) is 0.866. The van der Waals surface area contributed by atoms with Gasteiger partial charge in [-0.1, -0.05) is 28.9 Å². The molecule has 1 aromatic carbocycles. The molecule has 0 radical (unpaired) electrons. The topological polar surface area (TPSA) is 29.3 Å². The molecule has 1 unspecified atom stereocenters.